The molecule has 0 aliphatic heterocycles. The van der Waals surface area contributed by atoms with Crippen LogP contribution in [0, 0.1) is 5.41 Å². The second-order valence-electron chi connectivity index (χ2n) is 4.20. The molecule has 0 bridgehead atoms. The van der Waals surface area contributed by atoms with Crippen LogP contribution in [0.25, 0.3) is 0 Å². The van der Waals surface area contributed by atoms with Gasteiger partial charge in [0.25, 0.3) is 0 Å². The highest BCUT2D eigenvalue weighted by Gasteiger charge is 2.20. The van der Waals surface area contributed by atoms with Crippen molar-refractivity contribution in [1.82, 2.24) is 9.78 Å². The van der Waals surface area contributed by atoms with Crippen molar-refractivity contribution in [1.29, 1.82) is 0 Å². The van der Waals surface area contributed by atoms with Crippen molar-refractivity contribution in [3.8, 4) is 0 Å². The minimum absolute atomic E-state index is 0.145. The van der Waals surface area contributed by atoms with Gasteiger partial charge in [-0.1, -0.05) is 20.8 Å². The third-order valence-electron chi connectivity index (χ3n) is 2.06. The summed E-state index contributed by atoms with van der Waals surface area (Å²) in [7, 11) is 0. The molecule has 1 atom stereocenters. The number of aromatic nitrogens is 2. The van der Waals surface area contributed by atoms with E-state index >= 15 is 0 Å². The van der Waals surface area contributed by atoms with Crippen molar-refractivity contribution >= 4 is 0 Å². The van der Waals surface area contributed by atoms with Crippen LogP contribution in [0.4, 0.5) is 0 Å². The van der Waals surface area contributed by atoms with Crippen LogP contribution < -0.4 is 5.73 Å². The molecule has 0 fully saturated rings. The third-order valence-corrected chi connectivity index (χ3v) is 2.06. The van der Waals surface area contributed by atoms with Gasteiger partial charge in [0.2, 0.25) is 0 Å². The lowest BCUT2D eigenvalue weighted by Gasteiger charge is -2.26. The van der Waals surface area contributed by atoms with Crippen LogP contribution in [0.5, 0.6) is 0 Å². The molecule has 0 saturated carbocycles. The van der Waals surface area contributed by atoms with Crippen molar-refractivity contribution < 1.29 is 0 Å². The number of hydrogen-bond donors (Lipinski definition) is 1. The molecule has 0 aromatic carbocycles. The molecule has 0 spiro atoms. The van der Waals surface area contributed by atoms with Gasteiger partial charge >= 0.3 is 0 Å². The van der Waals surface area contributed by atoms with Crippen LogP contribution in [0.1, 0.15) is 20.8 Å². The van der Waals surface area contributed by atoms with Crippen molar-refractivity contribution in [2.24, 2.45) is 11.1 Å². The van der Waals surface area contributed by atoms with E-state index in [0.29, 0.717) is 0 Å². The Morgan fingerprint density at radius 3 is 2.58 bits per heavy atom. The fraction of sp³-hybridized carbons (Fsp3) is 0.667. The summed E-state index contributed by atoms with van der Waals surface area (Å²) in [5.41, 5.74) is 6.13. The van der Waals surface area contributed by atoms with E-state index in [0.717, 1.165) is 6.54 Å². The lowest BCUT2D eigenvalue weighted by Crippen LogP contribution is -2.38. The fourth-order valence-electron chi connectivity index (χ4n) is 0.884. The van der Waals surface area contributed by atoms with Crippen molar-refractivity contribution in [3.63, 3.8) is 0 Å². The van der Waals surface area contributed by atoms with Crippen LogP contribution in [0.2, 0.25) is 0 Å². The first-order valence-electron chi connectivity index (χ1n) is 4.23. The van der Waals surface area contributed by atoms with Crippen molar-refractivity contribution in [2.45, 2.75) is 33.4 Å². The third kappa shape index (κ3) is 2.34. The molecule has 1 aromatic heterocycles. The molecule has 1 aromatic rings. The first kappa shape index (κ1) is 9.26. The number of hydrogen-bond acceptors (Lipinski definition) is 2. The van der Waals surface area contributed by atoms with Gasteiger partial charge in [-0.15, -0.1) is 0 Å². The molecule has 0 aliphatic rings. The smallest absolute Gasteiger partial charge is 0.0565 e. The predicted octanol–water partition coefficient (Wildman–Crippen LogP) is 1.26. The summed E-state index contributed by atoms with van der Waals surface area (Å²) >= 11 is 0. The molecular formula is C9H17N3. The minimum atomic E-state index is 0.145. The second kappa shape index (κ2) is 3.27. The number of nitrogens with zero attached hydrogens (tertiary/aromatic N) is 2. The largest absolute Gasteiger partial charge is 0.326 e. The highest BCUT2D eigenvalue weighted by Crippen LogP contribution is 2.18. The highest BCUT2D eigenvalue weighted by molar-refractivity contribution is 4.82. The molecule has 68 valence electrons. The van der Waals surface area contributed by atoms with Crippen LogP contribution >= 0.6 is 0 Å². The molecule has 1 rings (SSSR count). The van der Waals surface area contributed by atoms with E-state index < -0.39 is 0 Å². The van der Waals surface area contributed by atoms with Gasteiger partial charge in [-0.05, 0) is 11.5 Å². The zero-order valence-corrected chi connectivity index (χ0v) is 7.99. The predicted molar refractivity (Wildman–Crippen MR) is 49.7 cm³/mol. The average Bonchev–Trinajstić information content (AvgIpc) is 2.37. The monoisotopic (exact) mass is 167 g/mol. The molecule has 0 aliphatic carbocycles. The van der Waals surface area contributed by atoms with Crippen molar-refractivity contribution in [3.05, 3.63) is 18.5 Å². The summed E-state index contributed by atoms with van der Waals surface area (Å²) < 4.78 is 1.87. The molecule has 2 N–H and O–H groups in total. The van der Waals surface area contributed by atoms with Gasteiger partial charge in [0.05, 0.1) is 6.54 Å². The van der Waals surface area contributed by atoms with Crippen LogP contribution in [0.15, 0.2) is 18.5 Å². The van der Waals surface area contributed by atoms with E-state index in [1.165, 1.54) is 0 Å². The summed E-state index contributed by atoms with van der Waals surface area (Å²) in [5.74, 6) is 0. The second-order valence-corrected chi connectivity index (χ2v) is 4.20. The number of nitrogens with two attached hydrogens (primary N) is 1. The van der Waals surface area contributed by atoms with Crippen LogP contribution in [-0.2, 0) is 6.54 Å². The Bertz CT molecular complexity index is 220. The Balaban J connectivity index is 2.53. The van der Waals surface area contributed by atoms with Gasteiger partial charge in [0.1, 0.15) is 0 Å². The Hall–Kier alpha value is -0.830. The van der Waals surface area contributed by atoms with Gasteiger partial charge in [-0.2, -0.15) is 5.10 Å². The number of rotatable bonds is 2. The van der Waals surface area contributed by atoms with E-state index in [2.05, 4.69) is 25.9 Å². The molecule has 3 heteroatoms. The lowest BCUT2D eigenvalue weighted by molar-refractivity contribution is 0.283. The topological polar surface area (TPSA) is 43.8 Å². The summed E-state index contributed by atoms with van der Waals surface area (Å²) in [6.45, 7) is 7.21. The molecule has 0 radical (unpaired) electrons. The minimum Gasteiger partial charge on any atom is -0.326 e. The van der Waals surface area contributed by atoms with Gasteiger partial charge in [0, 0.05) is 18.4 Å². The van der Waals surface area contributed by atoms with E-state index in [9.17, 15) is 0 Å². The maximum Gasteiger partial charge on any atom is 0.0565 e. The molecule has 1 unspecified atom stereocenters. The summed E-state index contributed by atoms with van der Waals surface area (Å²) in [4.78, 5) is 0. The van der Waals surface area contributed by atoms with Gasteiger partial charge in [-0.3, -0.25) is 4.68 Å². The SMILES string of the molecule is CC(C)(C)C(N)Cn1cccn1. The molecular weight excluding hydrogens is 150 g/mol. The first-order valence-corrected chi connectivity index (χ1v) is 4.23. The van der Waals surface area contributed by atoms with E-state index in [1.54, 1.807) is 6.20 Å². The Labute approximate surface area is 73.6 Å². The molecule has 1 heterocycles. The van der Waals surface area contributed by atoms with E-state index in [-0.39, 0.29) is 11.5 Å². The first-order chi connectivity index (χ1) is 5.50. The lowest BCUT2D eigenvalue weighted by atomic mass is 9.87. The van der Waals surface area contributed by atoms with Gasteiger partial charge in [0.15, 0.2) is 0 Å². The standard InChI is InChI=1S/C9H17N3/c1-9(2,3)8(10)7-12-6-4-5-11-12/h4-6,8H,7,10H2,1-3H3. The van der Waals surface area contributed by atoms with E-state index in [1.807, 2.05) is 16.9 Å². The normalized spacial score (nSPS) is 14.7. The maximum absolute atomic E-state index is 5.98. The van der Waals surface area contributed by atoms with Crippen molar-refractivity contribution in [2.75, 3.05) is 0 Å². The molecule has 12 heavy (non-hydrogen) atoms. The molecule has 3 nitrogen and oxygen atoms in total. The van der Waals surface area contributed by atoms with Crippen LogP contribution in [0.3, 0.4) is 0 Å². The zero-order valence-electron chi connectivity index (χ0n) is 7.99. The zero-order chi connectivity index (χ0) is 9.19. The fourth-order valence-corrected chi connectivity index (χ4v) is 0.884. The van der Waals surface area contributed by atoms with Gasteiger partial charge in [-0.25, -0.2) is 0 Å². The Kier molecular flexibility index (Phi) is 2.52. The summed E-state index contributed by atoms with van der Waals surface area (Å²) in [6.07, 6.45) is 3.71. The van der Waals surface area contributed by atoms with Crippen LogP contribution in [-0.4, -0.2) is 15.8 Å². The Morgan fingerprint density at radius 2 is 2.17 bits per heavy atom. The summed E-state index contributed by atoms with van der Waals surface area (Å²) in [6, 6.07) is 2.06. The maximum atomic E-state index is 5.98. The average molecular weight is 167 g/mol. The molecule has 0 saturated heterocycles. The van der Waals surface area contributed by atoms with E-state index in [4.69, 9.17) is 5.73 Å². The quantitative estimate of drug-likeness (QED) is 0.720. The Morgan fingerprint density at radius 1 is 1.50 bits per heavy atom. The molecule has 0 amide bonds. The highest BCUT2D eigenvalue weighted by atomic mass is 15.3. The van der Waals surface area contributed by atoms with Gasteiger partial charge < -0.3 is 5.73 Å². The summed E-state index contributed by atoms with van der Waals surface area (Å²) in [5, 5.41) is 4.11.